The van der Waals surface area contributed by atoms with Gasteiger partial charge in [-0.15, -0.1) is 0 Å². The molecule has 0 N–H and O–H groups in total. The Hall–Kier alpha value is -2.24. The van der Waals surface area contributed by atoms with E-state index < -0.39 is 11.6 Å². The number of halogens is 2. The highest BCUT2D eigenvalue weighted by molar-refractivity contribution is 5.91. The van der Waals surface area contributed by atoms with Gasteiger partial charge < -0.3 is 9.80 Å². The fourth-order valence-corrected chi connectivity index (χ4v) is 2.47. The summed E-state index contributed by atoms with van der Waals surface area (Å²) in [7, 11) is 0. The van der Waals surface area contributed by atoms with Gasteiger partial charge in [-0.25, -0.2) is 8.78 Å². The molecule has 2 heterocycles. The number of benzene rings is 1. The van der Waals surface area contributed by atoms with Crippen molar-refractivity contribution in [1.29, 1.82) is 0 Å². The van der Waals surface area contributed by atoms with Gasteiger partial charge in [0.2, 0.25) is 6.41 Å². The lowest BCUT2D eigenvalue weighted by atomic mass is 10.1. The molecule has 0 bridgehead atoms. The van der Waals surface area contributed by atoms with E-state index in [9.17, 15) is 13.6 Å². The molecule has 4 nitrogen and oxygen atoms in total. The van der Waals surface area contributed by atoms with E-state index >= 15 is 0 Å². The summed E-state index contributed by atoms with van der Waals surface area (Å²) >= 11 is 0. The Morgan fingerprint density at radius 3 is 2.50 bits per heavy atom. The summed E-state index contributed by atoms with van der Waals surface area (Å²) in [5, 5.41) is 0.589. The summed E-state index contributed by atoms with van der Waals surface area (Å²) in [4.78, 5) is 18.5. The zero-order valence-electron chi connectivity index (χ0n) is 10.7. The monoisotopic (exact) mass is 277 g/mol. The topological polar surface area (TPSA) is 36.4 Å². The number of nitrogens with zero attached hydrogens (tertiary/aromatic N) is 3. The summed E-state index contributed by atoms with van der Waals surface area (Å²) < 4.78 is 26.7. The Morgan fingerprint density at radius 1 is 1.10 bits per heavy atom. The third-order valence-electron chi connectivity index (χ3n) is 3.56. The molecule has 1 aliphatic heterocycles. The molecule has 3 rings (SSSR count). The molecule has 104 valence electrons. The minimum atomic E-state index is -0.895. The maximum Gasteiger partial charge on any atom is 0.209 e. The average molecular weight is 277 g/mol. The standard InChI is InChI=1S/C14H13F2N3O/c15-11-7-10-13(8-12(11)16)17-2-1-14(10)19-5-3-18(9-20)4-6-19/h1-2,7-9H,3-6H2. The quantitative estimate of drug-likeness (QED) is 0.785. The van der Waals surface area contributed by atoms with Crippen molar-refractivity contribution in [3.8, 4) is 0 Å². The van der Waals surface area contributed by atoms with Crippen LogP contribution in [0, 0.1) is 11.6 Å². The molecule has 0 radical (unpaired) electrons. The van der Waals surface area contributed by atoms with Crippen LogP contribution in [0.3, 0.4) is 0 Å². The number of aromatic nitrogens is 1. The molecular formula is C14H13F2N3O. The van der Waals surface area contributed by atoms with Gasteiger partial charge in [-0.3, -0.25) is 9.78 Å². The molecule has 0 aliphatic carbocycles. The van der Waals surface area contributed by atoms with Crippen molar-refractivity contribution in [2.45, 2.75) is 0 Å². The number of amides is 1. The van der Waals surface area contributed by atoms with Crippen LogP contribution in [0.4, 0.5) is 14.5 Å². The molecule has 1 amide bonds. The largest absolute Gasteiger partial charge is 0.367 e. The summed E-state index contributed by atoms with van der Waals surface area (Å²) in [6.07, 6.45) is 2.41. The first-order valence-corrected chi connectivity index (χ1v) is 6.37. The Labute approximate surface area is 114 Å². The van der Waals surface area contributed by atoms with Gasteiger partial charge in [-0.2, -0.15) is 0 Å². The molecule has 2 aromatic rings. The molecular weight excluding hydrogens is 264 g/mol. The molecule has 1 fully saturated rings. The van der Waals surface area contributed by atoms with Gasteiger partial charge in [0.1, 0.15) is 0 Å². The number of hydrogen-bond donors (Lipinski definition) is 0. The zero-order chi connectivity index (χ0) is 14.1. The number of pyridine rings is 1. The normalized spacial score (nSPS) is 15.7. The molecule has 6 heteroatoms. The van der Waals surface area contributed by atoms with Crippen LogP contribution >= 0.6 is 0 Å². The van der Waals surface area contributed by atoms with Crippen LogP contribution in [0.5, 0.6) is 0 Å². The SMILES string of the molecule is O=CN1CCN(c2ccnc3cc(F)c(F)cc23)CC1. The lowest BCUT2D eigenvalue weighted by molar-refractivity contribution is -0.118. The third kappa shape index (κ3) is 2.17. The maximum atomic E-state index is 13.4. The van der Waals surface area contributed by atoms with Gasteiger partial charge in [-0.1, -0.05) is 0 Å². The second-order valence-electron chi connectivity index (χ2n) is 4.74. The fourth-order valence-electron chi connectivity index (χ4n) is 2.47. The Bertz CT molecular complexity index is 654. The van der Waals surface area contributed by atoms with E-state index in [1.807, 2.05) is 0 Å². The highest BCUT2D eigenvalue weighted by atomic mass is 19.2. The van der Waals surface area contributed by atoms with Gasteiger partial charge in [0, 0.05) is 49.5 Å². The molecule has 1 aliphatic rings. The van der Waals surface area contributed by atoms with Gasteiger partial charge >= 0.3 is 0 Å². The second kappa shape index (κ2) is 5.03. The van der Waals surface area contributed by atoms with Gasteiger partial charge in [0.05, 0.1) is 5.52 Å². The van der Waals surface area contributed by atoms with Crippen molar-refractivity contribution in [2.75, 3.05) is 31.1 Å². The third-order valence-corrected chi connectivity index (χ3v) is 3.56. The molecule has 0 atom stereocenters. The van der Waals surface area contributed by atoms with Crippen LogP contribution in [-0.2, 0) is 4.79 Å². The van der Waals surface area contributed by atoms with E-state index in [4.69, 9.17) is 0 Å². The van der Waals surface area contributed by atoms with Crippen LogP contribution in [0.25, 0.3) is 10.9 Å². The van der Waals surface area contributed by atoms with E-state index in [0.29, 0.717) is 37.1 Å². The number of carbonyl (C=O) groups is 1. The van der Waals surface area contributed by atoms with Crippen LogP contribution in [0.15, 0.2) is 24.4 Å². The number of carbonyl (C=O) groups excluding carboxylic acids is 1. The van der Waals surface area contributed by atoms with Crippen LogP contribution in [0.1, 0.15) is 0 Å². The van der Waals surface area contributed by atoms with Crippen molar-refractivity contribution >= 4 is 23.0 Å². The Balaban J connectivity index is 1.99. The molecule has 0 spiro atoms. The summed E-state index contributed by atoms with van der Waals surface area (Å²) in [6.45, 7) is 2.57. The molecule has 0 saturated carbocycles. The van der Waals surface area contributed by atoms with Gasteiger partial charge in [0.15, 0.2) is 11.6 Å². The van der Waals surface area contributed by atoms with Crippen molar-refractivity contribution in [3.05, 3.63) is 36.0 Å². The Morgan fingerprint density at radius 2 is 1.80 bits per heavy atom. The zero-order valence-corrected chi connectivity index (χ0v) is 10.7. The van der Waals surface area contributed by atoms with Gasteiger partial charge in [0.25, 0.3) is 0 Å². The summed E-state index contributed by atoms with van der Waals surface area (Å²) in [5.74, 6) is -1.77. The summed E-state index contributed by atoms with van der Waals surface area (Å²) in [6, 6.07) is 4.07. The van der Waals surface area contributed by atoms with E-state index in [2.05, 4.69) is 9.88 Å². The smallest absolute Gasteiger partial charge is 0.209 e. The lowest BCUT2D eigenvalue weighted by Gasteiger charge is -2.34. The molecule has 0 unspecified atom stereocenters. The second-order valence-corrected chi connectivity index (χ2v) is 4.74. The highest BCUT2D eigenvalue weighted by Gasteiger charge is 2.18. The van der Waals surface area contributed by atoms with Crippen LogP contribution in [-0.4, -0.2) is 42.5 Å². The first kappa shape index (κ1) is 12.8. The first-order chi connectivity index (χ1) is 9.69. The highest BCUT2D eigenvalue weighted by Crippen LogP contribution is 2.27. The van der Waals surface area contributed by atoms with Crippen LogP contribution in [0.2, 0.25) is 0 Å². The minimum absolute atomic E-state index is 0.430. The van der Waals surface area contributed by atoms with Crippen molar-refractivity contribution in [2.24, 2.45) is 0 Å². The first-order valence-electron chi connectivity index (χ1n) is 6.37. The minimum Gasteiger partial charge on any atom is -0.367 e. The van der Waals surface area contributed by atoms with Crippen molar-refractivity contribution in [3.63, 3.8) is 0 Å². The molecule has 1 aromatic carbocycles. The van der Waals surface area contributed by atoms with Crippen LogP contribution < -0.4 is 4.90 Å². The predicted octanol–water partition coefficient (Wildman–Crippen LogP) is 1.79. The number of hydrogen-bond acceptors (Lipinski definition) is 3. The fraction of sp³-hybridized carbons (Fsp3) is 0.286. The van der Waals surface area contributed by atoms with E-state index in [1.165, 1.54) is 6.07 Å². The number of piperazine rings is 1. The molecule has 1 saturated heterocycles. The van der Waals surface area contributed by atoms with Crippen molar-refractivity contribution < 1.29 is 13.6 Å². The van der Waals surface area contributed by atoms with Gasteiger partial charge in [-0.05, 0) is 12.1 Å². The predicted molar refractivity (Wildman–Crippen MR) is 71.5 cm³/mol. The maximum absolute atomic E-state index is 13.4. The number of anilines is 1. The lowest BCUT2D eigenvalue weighted by Crippen LogP contribution is -2.45. The van der Waals surface area contributed by atoms with Crippen molar-refractivity contribution in [1.82, 2.24) is 9.88 Å². The Kier molecular flexibility index (Phi) is 3.22. The average Bonchev–Trinajstić information content (AvgIpc) is 2.48. The van der Waals surface area contributed by atoms with E-state index in [1.54, 1.807) is 17.2 Å². The summed E-state index contributed by atoms with van der Waals surface area (Å²) in [5.41, 5.74) is 1.25. The molecule has 20 heavy (non-hydrogen) atoms. The van der Waals surface area contributed by atoms with E-state index in [-0.39, 0.29) is 0 Å². The number of fused-ring (bicyclic) bond motifs is 1. The van der Waals surface area contributed by atoms with E-state index in [0.717, 1.165) is 18.2 Å². The number of rotatable bonds is 2. The molecule has 1 aromatic heterocycles.